The van der Waals surface area contributed by atoms with Crippen LogP contribution < -0.4 is 5.73 Å². The van der Waals surface area contributed by atoms with Crippen molar-refractivity contribution in [2.75, 3.05) is 0 Å². The van der Waals surface area contributed by atoms with Crippen molar-refractivity contribution in [3.63, 3.8) is 0 Å². The Hall–Kier alpha value is -1.26. The first-order valence-corrected chi connectivity index (χ1v) is 5.40. The number of benzene rings is 1. The zero-order valence-electron chi connectivity index (χ0n) is 9.59. The third-order valence-corrected chi connectivity index (χ3v) is 2.51. The van der Waals surface area contributed by atoms with Gasteiger partial charge in [0, 0.05) is 12.5 Å². The molecule has 0 aliphatic heterocycles. The number of terminal acetylenes is 1. The first kappa shape index (κ1) is 11.8. The number of nitrogens with two attached hydrogens (primary N) is 1. The third-order valence-electron chi connectivity index (χ3n) is 2.51. The third kappa shape index (κ3) is 3.77. The van der Waals surface area contributed by atoms with Crippen LogP contribution >= 0.6 is 0 Å². The summed E-state index contributed by atoms with van der Waals surface area (Å²) in [5.41, 5.74) is 9.88. The molecule has 15 heavy (non-hydrogen) atoms. The smallest absolute Gasteiger partial charge is 0.0295 e. The Morgan fingerprint density at radius 1 is 1.27 bits per heavy atom. The van der Waals surface area contributed by atoms with E-state index in [4.69, 9.17) is 12.2 Å². The van der Waals surface area contributed by atoms with Gasteiger partial charge in [-0.15, -0.1) is 12.3 Å². The van der Waals surface area contributed by atoms with Crippen LogP contribution in [0.25, 0.3) is 0 Å². The fraction of sp³-hybridized carbons (Fsp3) is 0.429. The average molecular weight is 201 g/mol. The number of rotatable bonds is 4. The quantitative estimate of drug-likeness (QED) is 0.588. The molecule has 1 nitrogen and oxygen atoms in total. The Morgan fingerprint density at radius 3 is 2.40 bits per heavy atom. The molecule has 1 aromatic rings. The summed E-state index contributed by atoms with van der Waals surface area (Å²) in [7, 11) is 0. The number of unbranched alkanes of at least 4 members (excludes halogenated alkanes) is 1. The Balaban J connectivity index is 2.65. The highest BCUT2D eigenvalue weighted by atomic mass is 14.6. The molecule has 1 heteroatoms. The van der Waals surface area contributed by atoms with Crippen molar-refractivity contribution in [3.8, 4) is 12.3 Å². The second kappa shape index (κ2) is 5.58. The van der Waals surface area contributed by atoms with Crippen LogP contribution in [0, 0.1) is 26.2 Å². The highest BCUT2D eigenvalue weighted by molar-refractivity contribution is 5.30. The van der Waals surface area contributed by atoms with Crippen molar-refractivity contribution in [3.05, 3.63) is 34.9 Å². The molecule has 0 aliphatic carbocycles. The molecule has 0 heterocycles. The van der Waals surface area contributed by atoms with Crippen LogP contribution in [-0.4, -0.2) is 0 Å². The molecule has 0 aliphatic rings. The molecule has 0 fully saturated rings. The molecule has 0 saturated carbocycles. The molecule has 0 spiro atoms. The fourth-order valence-corrected chi connectivity index (χ4v) is 1.81. The van der Waals surface area contributed by atoms with E-state index >= 15 is 0 Å². The molecule has 80 valence electrons. The van der Waals surface area contributed by atoms with Crippen molar-refractivity contribution in [1.82, 2.24) is 0 Å². The maximum Gasteiger partial charge on any atom is 0.0295 e. The summed E-state index contributed by atoms with van der Waals surface area (Å²) in [5.74, 6) is 2.64. The van der Waals surface area contributed by atoms with Crippen LogP contribution in [-0.2, 0) is 0 Å². The van der Waals surface area contributed by atoms with Gasteiger partial charge in [-0.1, -0.05) is 29.3 Å². The van der Waals surface area contributed by atoms with Crippen molar-refractivity contribution in [1.29, 1.82) is 0 Å². The van der Waals surface area contributed by atoms with Gasteiger partial charge >= 0.3 is 0 Å². The monoisotopic (exact) mass is 201 g/mol. The molecule has 0 amide bonds. The summed E-state index contributed by atoms with van der Waals surface area (Å²) in [6.07, 6.45) is 8.00. The molecular formula is C14H19N. The van der Waals surface area contributed by atoms with Crippen LogP contribution in [0.15, 0.2) is 18.2 Å². The van der Waals surface area contributed by atoms with E-state index < -0.39 is 0 Å². The summed E-state index contributed by atoms with van der Waals surface area (Å²) in [6, 6.07) is 6.61. The van der Waals surface area contributed by atoms with Gasteiger partial charge in [0.15, 0.2) is 0 Å². The summed E-state index contributed by atoms with van der Waals surface area (Å²) in [6.45, 7) is 4.20. The Kier molecular flexibility index (Phi) is 4.39. The first-order valence-electron chi connectivity index (χ1n) is 5.40. The summed E-state index contributed by atoms with van der Waals surface area (Å²) in [4.78, 5) is 0. The van der Waals surface area contributed by atoms with Crippen molar-refractivity contribution < 1.29 is 0 Å². The zero-order chi connectivity index (χ0) is 11.3. The summed E-state index contributed by atoms with van der Waals surface area (Å²) < 4.78 is 0. The Labute approximate surface area is 92.7 Å². The van der Waals surface area contributed by atoms with Gasteiger partial charge in [-0.3, -0.25) is 0 Å². The van der Waals surface area contributed by atoms with Crippen LogP contribution in [0.3, 0.4) is 0 Å². The summed E-state index contributed by atoms with van der Waals surface area (Å²) >= 11 is 0. The van der Waals surface area contributed by atoms with Gasteiger partial charge in [-0.2, -0.15) is 0 Å². The minimum atomic E-state index is 0.122. The van der Waals surface area contributed by atoms with Crippen molar-refractivity contribution in [2.24, 2.45) is 5.73 Å². The lowest BCUT2D eigenvalue weighted by Gasteiger charge is -2.12. The first-order chi connectivity index (χ1) is 7.13. The standard InChI is InChI=1S/C14H19N/c1-4-5-6-7-14(15)13-9-11(2)8-12(3)10-13/h1,8-10,14H,5-7,15H2,2-3H3. The second-order valence-electron chi connectivity index (χ2n) is 4.12. The fourth-order valence-electron chi connectivity index (χ4n) is 1.81. The van der Waals surface area contributed by atoms with Gasteiger partial charge in [0.2, 0.25) is 0 Å². The molecule has 0 aromatic heterocycles. The molecule has 1 aromatic carbocycles. The molecule has 1 unspecified atom stereocenters. The zero-order valence-corrected chi connectivity index (χ0v) is 9.59. The van der Waals surface area contributed by atoms with Crippen molar-refractivity contribution in [2.45, 2.75) is 39.2 Å². The lowest BCUT2D eigenvalue weighted by Crippen LogP contribution is -2.10. The van der Waals surface area contributed by atoms with Gasteiger partial charge < -0.3 is 5.73 Å². The maximum absolute atomic E-state index is 6.10. The molecule has 1 rings (SSSR count). The van der Waals surface area contributed by atoms with Crippen LogP contribution in [0.4, 0.5) is 0 Å². The molecular weight excluding hydrogens is 182 g/mol. The molecule has 1 atom stereocenters. The van der Waals surface area contributed by atoms with Gasteiger partial charge in [0.1, 0.15) is 0 Å². The topological polar surface area (TPSA) is 26.0 Å². The number of hydrogen-bond donors (Lipinski definition) is 1. The molecule has 2 N–H and O–H groups in total. The van der Waals surface area contributed by atoms with E-state index in [2.05, 4.69) is 38.0 Å². The van der Waals surface area contributed by atoms with Crippen LogP contribution in [0.2, 0.25) is 0 Å². The number of aryl methyl sites for hydroxylation is 2. The average Bonchev–Trinajstić information content (AvgIpc) is 2.16. The SMILES string of the molecule is C#CCCCC(N)c1cc(C)cc(C)c1. The van der Waals surface area contributed by atoms with E-state index in [0.29, 0.717) is 0 Å². The van der Waals surface area contributed by atoms with Gasteiger partial charge in [0.05, 0.1) is 0 Å². The van der Waals surface area contributed by atoms with E-state index in [0.717, 1.165) is 19.3 Å². The van der Waals surface area contributed by atoms with Gasteiger partial charge in [0.25, 0.3) is 0 Å². The second-order valence-corrected chi connectivity index (χ2v) is 4.12. The lowest BCUT2D eigenvalue weighted by molar-refractivity contribution is 0.620. The maximum atomic E-state index is 6.10. The highest BCUT2D eigenvalue weighted by Crippen LogP contribution is 2.19. The predicted molar refractivity (Wildman–Crippen MR) is 65.5 cm³/mol. The predicted octanol–water partition coefficient (Wildman–Crippen LogP) is 3.11. The minimum Gasteiger partial charge on any atom is -0.324 e. The molecule has 0 bridgehead atoms. The Bertz CT molecular complexity index is 340. The molecule has 0 saturated heterocycles. The highest BCUT2D eigenvalue weighted by Gasteiger charge is 2.06. The van der Waals surface area contributed by atoms with Crippen LogP contribution in [0.1, 0.15) is 42.0 Å². The molecule has 0 radical (unpaired) electrons. The van der Waals surface area contributed by atoms with E-state index in [1.807, 2.05) is 0 Å². The van der Waals surface area contributed by atoms with E-state index in [9.17, 15) is 0 Å². The Morgan fingerprint density at radius 2 is 1.87 bits per heavy atom. The van der Waals surface area contributed by atoms with E-state index in [1.54, 1.807) is 0 Å². The van der Waals surface area contributed by atoms with E-state index in [-0.39, 0.29) is 6.04 Å². The van der Waals surface area contributed by atoms with Crippen molar-refractivity contribution >= 4 is 0 Å². The van der Waals surface area contributed by atoms with Gasteiger partial charge in [-0.25, -0.2) is 0 Å². The normalized spacial score (nSPS) is 12.1. The summed E-state index contributed by atoms with van der Waals surface area (Å²) in [5, 5.41) is 0. The van der Waals surface area contributed by atoms with E-state index in [1.165, 1.54) is 16.7 Å². The number of hydrogen-bond acceptors (Lipinski definition) is 1. The van der Waals surface area contributed by atoms with Gasteiger partial charge in [-0.05, 0) is 32.3 Å². The van der Waals surface area contributed by atoms with Crippen LogP contribution in [0.5, 0.6) is 0 Å². The largest absolute Gasteiger partial charge is 0.324 e. The minimum absolute atomic E-state index is 0.122. The lowest BCUT2D eigenvalue weighted by atomic mass is 9.98.